The van der Waals surface area contributed by atoms with Crippen LogP contribution in [-0.2, 0) is 0 Å². The zero-order valence-electron chi connectivity index (χ0n) is 9.93. The van der Waals surface area contributed by atoms with Gasteiger partial charge < -0.3 is 5.32 Å². The predicted octanol–water partition coefficient (Wildman–Crippen LogP) is 1.81. The van der Waals surface area contributed by atoms with Gasteiger partial charge in [-0.05, 0) is 31.2 Å². The molecule has 2 fully saturated rings. The molecule has 0 aromatic carbocycles. The molecule has 0 amide bonds. The van der Waals surface area contributed by atoms with E-state index in [0.717, 1.165) is 26.1 Å². The van der Waals surface area contributed by atoms with E-state index in [4.69, 9.17) is 0 Å². The molecule has 0 aromatic rings. The summed E-state index contributed by atoms with van der Waals surface area (Å²) in [6, 6.07) is 0.569. The van der Waals surface area contributed by atoms with Gasteiger partial charge >= 0.3 is 0 Å². The molecule has 3 heteroatoms. The molecule has 2 saturated heterocycles. The van der Waals surface area contributed by atoms with Crippen molar-refractivity contribution in [3.8, 4) is 0 Å². The Bertz CT molecular complexity index is 218. The van der Waals surface area contributed by atoms with Gasteiger partial charge in [0.15, 0.2) is 0 Å². The molecule has 0 saturated carbocycles. The van der Waals surface area contributed by atoms with Gasteiger partial charge in [0.2, 0.25) is 0 Å². The minimum absolute atomic E-state index is 0.463. The summed E-state index contributed by atoms with van der Waals surface area (Å²) in [5, 5.41) is 3.55. The maximum absolute atomic E-state index is 13.0. The molecular formula is C12H23FN2. The van der Waals surface area contributed by atoms with E-state index in [-0.39, 0.29) is 0 Å². The number of hydrogen-bond acceptors (Lipinski definition) is 2. The number of rotatable bonds is 2. The maximum Gasteiger partial charge on any atom is 0.114 e. The lowest BCUT2D eigenvalue weighted by atomic mass is 9.79. The van der Waals surface area contributed by atoms with Crippen LogP contribution in [0.4, 0.5) is 4.39 Å². The summed E-state index contributed by atoms with van der Waals surface area (Å²) >= 11 is 0. The van der Waals surface area contributed by atoms with Crippen molar-refractivity contribution in [1.29, 1.82) is 0 Å². The zero-order valence-corrected chi connectivity index (χ0v) is 9.93. The lowest BCUT2D eigenvalue weighted by Gasteiger charge is -2.37. The Morgan fingerprint density at radius 2 is 2.27 bits per heavy atom. The predicted molar refractivity (Wildman–Crippen MR) is 60.8 cm³/mol. The van der Waals surface area contributed by atoms with Gasteiger partial charge in [-0.2, -0.15) is 0 Å². The second-order valence-electron chi connectivity index (χ2n) is 5.91. The highest BCUT2D eigenvalue weighted by Gasteiger charge is 2.30. The van der Waals surface area contributed by atoms with Crippen molar-refractivity contribution in [3.05, 3.63) is 0 Å². The van der Waals surface area contributed by atoms with Gasteiger partial charge in [-0.25, -0.2) is 4.39 Å². The first-order chi connectivity index (χ1) is 7.05. The van der Waals surface area contributed by atoms with E-state index in [1.807, 2.05) is 0 Å². The summed E-state index contributed by atoms with van der Waals surface area (Å²) in [4.78, 5) is 2.27. The van der Waals surface area contributed by atoms with Crippen molar-refractivity contribution in [2.24, 2.45) is 5.41 Å². The summed E-state index contributed by atoms with van der Waals surface area (Å²) in [5.74, 6) is 0. The van der Waals surface area contributed by atoms with Gasteiger partial charge in [-0.3, -0.25) is 4.90 Å². The van der Waals surface area contributed by atoms with Crippen LogP contribution in [0, 0.1) is 5.41 Å². The highest BCUT2D eigenvalue weighted by Crippen LogP contribution is 2.30. The van der Waals surface area contributed by atoms with Crippen LogP contribution in [0.25, 0.3) is 0 Å². The number of hydrogen-bond donors (Lipinski definition) is 1. The topological polar surface area (TPSA) is 15.3 Å². The van der Waals surface area contributed by atoms with Crippen molar-refractivity contribution in [2.45, 2.75) is 45.3 Å². The maximum atomic E-state index is 13.0. The lowest BCUT2D eigenvalue weighted by Crippen LogP contribution is -2.47. The molecule has 2 aliphatic rings. The third-order valence-electron chi connectivity index (χ3n) is 3.73. The van der Waals surface area contributed by atoms with E-state index in [0.29, 0.717) is 18.0 Å². The quantitative estimate of drug-likeness (QED) is 0.754. The second kappa shape index (κ2) is 4.38. The summed E-state index contributed by atoms with van der Waals surface area (Å²) < 4.78 is 13.0. The third kappa shape index (κ3) is 3.15. The van der Waals surface area contributed by atoms with Gasteiger partial charge in [0.05, 0.1) is 0 Å². The molecule has 2 atom stereocenters. The lowest BCUT2D eigenvalue weighted by molar-refractivity contribution is 0.169. The fraction of sp³-hybridized carbons (Fsp3) is 1.00. The van der Waals surface area contributed by atoms with E-state index in [9.17, 15) is 4.39 Å². The van der Waals surface area contributed by atoms with E-state index < -0.39 is 6.17 Å². The Kier molecular flexibility index (Phi) is 3.31. The number of piperidine rings is 1. The summed E-state index contributed by atoms with van der Waals surface area (Å²) in [6.45, 7) is 8.42. The third-order valence-corrected chi connectivity index (χ3v) is 3.73. The highest BCUT2D eigenvalue weighted by molar-refractivity contribution is 4.87. The first kappa shape index (κ1) is 11.3. The first-order valence-electron chi connectivity index (χ1n) is 6.15. The van der Waals surface area contributed by atoms with E-state index in [1.165, 1.54) is 12.8 Å². The van der Waals surface area contributed by atoms with E-state index >= 15 is 0 Å². The van der Waals surface area contributed by atoms with Crippen molar-refractivity contribution < 1.29 is 4.39 Å². The monoisotopic (exact) mass is 214 g/mol. The molecule has 0 aromatic heterocycles. The van der Waals surface area contributed by atoms with Gasteiger partial charge in [0.25, 0.3) is 0 Å². The molecule has 1 unspecified atom stereocenters. The van der Waals surface area contributed by atoms with Gasteiger partial charge in [0.1, 0.15) is 6.17 Å². The molecule has 0 radical (unpaired) electrons. The molecule has 0 bridgehead atoms. The first-order valence-corrected chi connectivity index (χ1v) is 6.15. The fourth-order valence-electron chi connectivity index (χ4n) is 2.85. The average Bonchev–Trinajstić information content (AvgIpc) is 2.49. The van der Waals surface area contributed by atoms with Gasteiger partial charge in [0, 0.05) is 25.7 Å². The molecule has 0 spiro atoms. The van der Waals surface area contributed by atoms with Crippen molar-refractivity contribution in [3.63, 3.8) is 0 Å². The van der Waals surface area contributed by atoms with Crippen LogP contribution in [0.3, 0.4) is 0 Å². The Balaban J connectivity index is 1.79. The molecule has 88 valence electrons. The van der Waals surface area contributed by atoms with Crippen LogP contribution in [0.2, 0.25) is 0 Å². The van der Waals surface area contributed by atoms with E-state index in [1.54, 1.807) is 0 Å². The summed E-state index contributed by atoms with van der Waals surface area (Å²) in [5.41, 5.74) is 0.463. The van der Waals surface area contributed by atoms with Crippen molar-refractivity contribution >= 4 is 0 Å². The second-order valence-corrected chi connectivity index (χ2v) is 5.91. The van der Waals surface area contributed by atoms with Gasteiger partial charge in [-0.1, -0.05) is 13.8 Å². The fourth-order valence-corrected chi connectivity index (χ4v) is 2.85. The highest BCUT2D eigenvalue weighted by atomic mass is 19.1. The van der Waals surface area contributed by atoms with Crippen molar-refractivity contribution in [2.75, 3.05) is 26.2 Å². The summed E-state index contributed by atoms with van der Waals surface area (Å²) in [7, 11) is 0. The Morgan fingerprint density at radius 1 is 1.47 bits per heavy atom. The van der Waals surface area contributed by atoms with Crippen LogP contribution >= 0.6 is 0 Å². The molecular weight excluding hydrogens is 191 g/mol. The molecule has 2 rings (SSSR count). The van der Waals surface area contributed by atoms with Crippen LogP contribution in [0.15, 0.2) is 0 Å². The SMILES string of the molecule is CC1(C)CCNC(CN2CC[C@H](F)C2)C1. The molecule has 15 heavy (non-hydrogen) atoms. The Hall–Kier alpha value is -0.150. The Labute approximate surface area is 92.2 Å². The minimum Gasteiger partial charge on any atom is -0.313 e. The van der Waals surface area contributed by atoms with Crippen LogP contribution in [0.1, 0.15) is 33.1 Å². The number of halogens is 1. The number of alkyl halides is 1. The van der Waals surface area contributed by atoms with Gasteiger partial charge in [-0.15, -0.1) is 0 Å². The smallest absolute Gasteiger partial charge is 0.114 e. The molecule has 2 heterocycles. The normalized spacial score (nSPS) is 37.0. The minimum atomic E-state index is -0.582. The average molecular weight is 214 g/mol. The number of nitrogens with zero attached hydrogens (tertiary/aromatic N) is 1. The summed E-state index contributed by atoms with van der Waals surface area (Å²) in [6.07, 6.45) is 2.63. The molecule has 2 nitrogen and oxygen atoms in total. The van der Waals surface area contributed by atoms with Crippen LogP contribution in [-0.4, -0.2) is 43.3 Å². The molecule has 1 N–H and O–H groups in total. The largest absolute Gasteiger partial charge is 0.313 e. The van der Waals surface area contributed by atoms with Crippen LogP contribution in [0.5, 0.6) is 0 Å². The van der Waals surface area contributed by atoms with E-state index in [2.05, 4.69) is 24.1 Å². The Morgan fingerprint density at radius 3 is 2.87 bits per heavy atom. The zero-order chi connectivity index (χ0) is 10.9. The molecule has 0 aliphatic carbocycles. The van der Waals surface area contributed by atoms with Crippen LogP contribution < -0.4 is 5.32 Å². The number of likely N-dealkylation sites (tertiary alicyclic amines) is 1. The number of nitrogens with one attached hydrogen (secondary N) is 1. The standard InChI is InChI=1S/C12H23FN2/c1-12(2)4-5-14-11(7-12)9-15-6-3-10(13)8-15/h10-11,14H,3-9H2,1-2H3/t10-,11?/m0/s1. The molecule has 2 aliphatic heterocycles. The van der Waals surface area contributed by atoms with Crippen molar-refractivity contribution in [1.82, 2.24) is 10.2 Å².